The van der Waals surface area contributed by atoms with Gasteiger partial charge >= 0.3 is 59.7 Å². The van der Waals surface area contributed by atoms with Crippen LogP contribution in [0.3, 0.4) is 0 Å². The molecule has 5 atom stereocenters. The molecule has 0 saturated carbocycles. The van der Waals surface area contributed by atoms with E-state index in [4.69, 9.17) is 47.4 Å². The number of nitrogens with one attached hydrogen (secondary N) is 2. The summed E-state index contributed by atoms with van der Waals surface area (Å²) in [5.74, 6) is 3.05. The second-order valence-corrected chi connectivity index (χ2v) is 38.5. The quantitative estimate of drug-likeness (QED) is 0.0325. The van der Waals surface area contributed by atoms with Crippen LogP contribution in [-0.2, 0) is 95.3 Å². The van der Waals surface area contributed by atoms with Crippen molar-refractivity contribution in [3.05, 3.63) is 0 Å². The molecule has 0 aliphatic rings. The summed E-state index contributed by atoms with van der Waals surface area (Å²) in [4.78, 5) is 136. The molecule has 25 nitrogen and oxygen atoms in total. The Kier molecular flexibility index (Phi) is 87.1. The van der Waals surface area contributed by atoms with E-state index >= 15 is 0 Å². The number of nitrogens with zero attached hydrogens (tertiary/aromatic N) is 3. The Bertz CT molecular complexity index is 2350. The third kappa shape index (κ3) is 79.2. The lowest BCUT2D eigenvalue weighted by Crippen LogP contribution is -2.41. The number of esters is 10. The van der Waals surface area contributed by atoms with E-state index in [1.165, 1.54) is 161 Å². The zero-order chi connectivity index (χ0) is 91.2. The van der Waals surface area contributed by atoms with Gasteiger partial charge in [0.25, 0.3) is 0 Å². The van der Waals surface area contributed by atoms with E-state index in [-0.39, 0.29) is 184 Å². The van der Waals surface area contributed by atoms with E-state index in [0.29, 0.717) is 94.1 Å². The van der Waals surface area contributed by atoms with Gasteiger partial charge in [-0.2, -0.15) is 58.8 Å². The average Bonchev–Trinajstić information content (AvgIpc) is 0.894. The molecule has 0 aromatic rings. The van der Waals surface area contributed by atoms with Gasteiger partial charge in [0.1, 0.15) is 52.9 Å². The largest absolute Gasteiger partial charge is 0.466 e. The average molecular weight is 1860 g/mol. The van der Waals surface area contributed by atoms with Crippen LogP contribution in [0.5, 0.6) is 0 Å². The van der Waals surface area contributed by atoms with Crippen LogP contribution in [0.15, 0.2) is 0 Å². The minimum atomic E-state index is -0.481. The highest BCUT2D eigenvalue weighted by Gasteiger charge is 2.23. The van der Waals surface area contributed by atoms with Gasteiger partial charge in [0.2, 0.25) is 0 Å². The summed E-state index contributed by atoms with van der Waals surface area (Å²) in [5, 5.41) is 7.00. The number of ether oxygens (including phenoxy) is 10. The first-order chi connectivity index (χ1) is 60.2. The number of rotatable bonds is 93. The predicted octanol–water partition coefficient (Wildman–Crippen LogP) is 17.5. The molecule has 0 spiro atoms. The number of carbonyl (C=O) groups excluding carboxylic acids is 10. The van der Waals surface area contributed by atoms with Crippen LogP contribution in [0, 0.1) is 29.6 Å². The summed E-state index contributed by atoms with van der Waals surface area (Å²) >= 11 is 8.79. The Labute approximate surface area is 772 Å². The first-order valence-electron chi connectivity index (χ1n) is 48.3. The van der Waals surface area contributed by atoms with Crippen LogP contribution in [0.1, 0.15) is 300 Å². The highest BCUT2D eigenvalue weighted by atomic mass is 32.2. The molecule has 0 amide bonds. The molecular formula is C94H175N5O20S5. The molecule has 0 aliphatic carbocycles. The fourth-order valence-electron chi connectivity index (χ4n) is 12.7. The van der Waals surface area contributed by atoms with Gasteiger partial charge in [-0.3, -0.25) is 47.9 Å². The van der Waals surface area contributed by atoms with Gasteiger partial charge in [0, 0.05) is 120 Å². The van der Waals surface area contributed by atoms with E-state index < -0.39 is 29.8 Å². The number of carbonyl (C=O) groups is 10. The van der Waals surface area contributed by atoms with E-state index in [9.17, 15) is 47.9 Å². The van der Waals surface area contributed by atoms with Crippen LogP contribution in [0.4, 0.5) is 0 Å². The predicted molar refractivity (Wildman–Crippen MR) is 512 cm³/mol. The summed E-state index contributed by atoms with van der Waals surface area (Å²) < 4.78 is 55.1. The Morgan fingerprint density at radius 3 is 0.605 bits per heavy atom. The summed E-state index contributed by atoms with van der Waals surface area (Å²) in [6, 6.07) is 0. The fraction of sp³-hybridized carbons (Fsp3) is 0.894. The SMILES string of the molecule is CCCCCCCCSCC(C)C(=O)OCCCOC(=O)CCN(CCNCCN(CCC(=O)OCCOC(=O)C(C)CSCCCCCCCC)CCC(=O)OCCOC(=O)C(C)CSCCCCCCCC)CCNCCN(CCC(=O)OCCOC(=O)C(C)CSCCCCCCCC)CCC(=O)OCCOC(=O)C(C)CSCCCCCCCC. The maximum absolute atomic E-state index is 13.3. The molecule has 5 unspecified atom stereocenters. The van der Waals surface area contributed by atoms with Gasteiger partial charge < -0.3 is 72.7 Å². The third-order valence-corrected chi connectivity index (χ3v) is 27.4. The molecule has 0 saturated heterocycles. The van der Waals surface area contributed by atoms with E-state index in [1.807, 2.05) is 44.4 Å². The maximum atomic E-state index is 13.3. The lowest BCUT2D eigenvalue weighted by atomic mass is 10.1. The van der Waals surface area contributed by atoms with Crippen molar-refractivity contribution < 1.29 is 95.3 Å². The molecule has 0 aromatic carbocycles. The second kappa shape index (κ2) is 89.8. The molecule has 30 heteroatoms. The molecule has 2 N–H and O–H groups in total. The van der Waals surface area contributed by atoms with Gasteiger partial charge in [0.05, 0.1) is 74.9 Å². The summed E-state index contributed by atoms with van der Waals surface area (Å²) in [6.07, 6.45) is 37.0. The van der Waals surface area contributed by atoms with Crippen molar-refractivity contribution >= 4 is 119 Å². The lowest BCUT2D eigenvalue weighted by Gasteiger charge is -2.25. The van der Waals surface area contributed by atoms with Gasteiger partial charge in [-0.05, 0) is 60.9 Å². The Morgan fingerprint density at radius 1 is 0.218 bits per heavy atom. The Hall–Kier alpha value is -3.75. The molecule has 0 aromatic heterocycles. The van der Waals surface area contributed by atoms with Crippen molar-refractivity contribution in [2.75, 3.05) is 209 Å². The van der Waals surface area contributed by atoms with Crippen molar-refractivity contribution in [3.8, 4) is 0 Å². The molecule has 0 fully saturated rings. The standard InChI is InChI=1S/C94H175N5O20S5/c1-11-16-21-26-31-36-70-120-75-80(6)90(105)115-61-41-60-110-85(100)46-55-99(58-49-95-47-56-97(51-42-86(101)111-62-66-116-91(106)81(7)76-121-71-37-32-27-22-17-12-2)52-43-87(102)112-63-67-117-92(107)82(8)77-122-72-38-33-28-23-18-13-3)59-50-96-48-57-98(53-44-88(103)113-64-68-118-93(108)83(9)78-123-73-39-34-29-24-19-14-4)54-45-89(104)114-65-69-119-94(109)84(10)79-124-74-40-35-30-25-20-15-5/h80-84,95-96H,11-79H2,1-10H3. The van der Waals surface area contributed by atoms with Crippen LogP contribution < -0.4 is 10.6 Å². The first-order valence-corrected chi connectivity index (χ1v) is 54.1. The lowest BCUT2D eigenvalue weighted by molar-refractivity contribution is -0.154. The topological polar surface area (TPSA) is 297 Å². The number of hydrogen-bond acceptors (Lipinski definition) is 30. The third-order valence-electron chi connectivity index (χ3n) is 20.8. The number of thioether (sulfide) groups is 5. The van der Waals surface area contributed by atoms with E-state index in [2.05, 4.69) is 50.2 Å². The van der Waals surface area contributed by atoms with Crippen molar-refractivity contribution in [2.24, 2.45) is 29.6 Å². The zero-order valence-corrected chi connectivity index (χ0v) is 83.3. The zero-order valence-electron chi connectivity index (χ0n) is 79.2. The monoisotopic (exact) mass is 1850 g/mol. The van der Waals surface area contributed by atoms with E-state index in [1.54, 1.807) is 58.8 Å². The molecule has 0 rings (SSSR count). The van der Waals surface area contributed by atoms with Crippen LogP contribution >= 0.6 is 58.8 Å². The highest BCUT2D eigenvalue weighted by Crippen LogP contribution is 2.21. The molecule has 0 radical (unpaired) electrons. The molecule has 0 bridgehead atoms. The summed E-state index contributed by atoms with van der Waals surface area (Å²) in [5.41, 5.74) is 0. The minimum Gasteiger partial charge on any atom is -0.466 e. The normalized spacial score (nSPS) is 12.7. The van der Waals surface area contributed by atoms with Crippen LogP contribution in [0.2, 0.25) is 0 Å². The molecule has 726 valence electrons. The fourth-order valence-corrected chi connectivity index (χ4v) is 18.0. The molecule has 0 heterocycles. The maximum Gasteiger partial charge on any atom is 0.309 e. The van der Waals surface area contributed by atoms with Crippen molar-refractivity contribution in [3.63, 3.8) is 0 Å². The molecule has 124 heavy (non-hydrogen) atoms. The number of unbranched alkanes of at least 4 members (excludes halogenated alkanes) is 25. The number of hydrogen-bond donors (Lipinski definition) is 2. The van der Waals surface area contributed by atoms with Gasteiger partial charge in [-0.25, -0.2) is 0 Å². The molecule has 0 aliphatic heterocycles. The van der Waals surface area contributed by atoms with Gasteiger partial charge in [-0.15, -0.1) is 0 Å². The summed E-state index contributed by atoms with van der Waals surface area (Å²) in [6.45, 7) is 25.2. The van der Waals surface area contributed by atoms with Crippen molar-refractivity contribution in [1.29, 1.82) is 0 Å². The van der Waals surface area contributed by atoms with Crippen molar-refractivity contribution in [1.82, 2.24) is 25.3 Å². The van der Waals surface area contributed by atoms with Gasteiger partial charge in [-0.1, -0.05) is 230 Å². The van der Waals surface area contributed by atoms with E-state index in [0.717, 1.165) is 60.9 Å². The second-order valence-electron chi connectivity index (χ2n) is 32.8. The van der Waals surface area contributed by atoms with Crippen molar-refractivity contribution in [2.45, 2.75) is 300 Å². The van der Waals surface area contributed by atoms with Crippen LogP contribution in [-0.4, -0.2) is 283 Å². The Balaban J connectivity index is 6.21. The minimum absolute atomic E-state index is 0.00740. The Morgan fingerprint density at radius 2 is 0.387 bits per heavy atom. The smallest absolute Gasteiger partial charge is 0.309 e. The first kappa shape index (κ1) is 120. The molecular weight excluding hydrogens is 1680 g/mol. The van der Waals surface area contributed by atoms with Crippen LogP contribution in [0.25, 0.3) is 0 Å². The van der Waals surface area contributed by atoms with Gasteiger partial charge in [0.15, 0.2) is 0 Å². The summed E-state index contributed by atoms with van der Waals surface area (Å²) in [7, 11) is 0. The highest BCUT2D eigenvalue weighted by molar-refractivity contribution is 8.00.